The molecular weight excluding hydrogens is 414 g/mol. The van der Waals surface area contributed by atoms with Crippen molar-refractivity contribution in [2.24, 2.45) is 0 Å². The lowest BCUT2D eigenvalue weighted by atomic mass is 10.1. The van der Waals surface area contributed by atoms with E-state index in [4.69, 9.17) is 0 Å². The van der Waals surface area contributed by atoms with Gasteiger partial charge < -0.3 is 5.32 Å². The maximum atomic E-state index is 12.2. The molecule has 148 valence electrons. The molecule has 0 aliphatic carbocycles. The highest BCUT2D eigenvalue weighted by molar-refractivity contribution is 8.01. The van der Waals surface area contributed by atoms with Gasteiger partial charge in [-0.1, -0.05) is 46.9 Å². The van der Waals surface area contributed by atoms with Crippen molar-refractivity contribution in [2.75, 3.05) is 16.4 Å². The average molecular weight is 429 g/mol. The predicted molar refractivity (Wildman–Crippen MR) is 111 cm³/mol. The van der Waals surface area contributed by atoms with Gasteiger partial charge in [-0.15, -0.1) is 10.2 Å². The number of hydrogen-bond donors (Lipinski definition) is 2. The quantitative estimate of drug-likeness (QED) is 0.253. The van der Waals surface area contributed by atoms with Crippen LogP contribution in [0.4, 0.5) is 16.5 Å². The summed E-state index contributed by atoms with van der Waals surface area (Å²) in [5.74, 6) is -0.583. The maximum Gasteiger partial charge on any atom is 0.271 e. The zero-order valence-electron chi connectivity index (χ0n) is 15.1. The molecule has 0 saturated carbocycles. The lowest BCUT2D eigenvalue weighted by molar-refractivity contribution is -0.384. The van der Waals surface area contributed by atoms with E-state index in [9.17, 15) is 19.7 Å². The van der Waals surface area contributed by atoms with Gasteiger partial charge in [0.25, 0.3) is 11.6 Å². The summed E-state index contributed by atoms with van der Waals surface area (Å²) in [5, 5.41) is 24.2. The van der Waals surface area contributed by atoms with Crippen molar-refractivity contribution in [1.82, 2.24) is 10.2 Å². The largest absolute Gasteiger partial charge is 0.325 e. The van der Waals surface area contributed by atoms with Crippen LogP contribution < -0.4 is 10.6 Å². The van der Waals surface area contributed by atoms with Crippen molar-refractivity contribution in [2.45, 2.75) is 11.3 Å². The average Bonchev–Trinajstić information content (AvgIpc) is 3.14. The van der Waals surface area contributed by atoms with Crippen molar-refractivity contribution in [3.63, 3.8) is 0 Å². The lowest BCUT2D eigenvalue weighted by Gasteiger charge is -2.03. The molecule has 2 aromatic carbocycles. The number of aryl methyl sites for hydroxylation is 1. The fourth-order valence-corrected chi connectivity index (χ4v) is 3.76. The fraction of sp³-hybridized carbons (Fsp3) is 0.111. The number of nitrogens with zero attached hydrogens (tertiary/aromatic N) is 3. The van der Waals surface area contributed by atoms with Gasteiger partial charge in [0.05, 0.1) is 10.7 Å². The van der Waals surface area contributed by atoms with E-state index in [1.165, 1.54) is 18.2 Å². The zero-order chi connectivity index (χ0) is 20.8. The smallest absolute Gasteiger partial charge is 0.271 e. The summed E-state index contributed by atoms with van der Waals surface area (Å²) < 4.78 is 0.512. The summed E-state index contributed by atoms with van der Waals surface area (Å²) in [5.41, 5.74) is 1.80. The molecule has 0 saturated heterocycles. The monoisotopic (exact) mass is 429 g/mol. The summed E-state index contributed by atoms with van der Waals surface area (Å²) in [6.07, 6.45) is 0. The third-order valence-electron chi connectivity index (χ3n) is 3.61. The summed E-state index contributed by atoms with van der Waals surface area (Å²) in [6, 6.07) is 12.8. The molecule has 2 N–H and O–H groups in total. The van der Waals surface area contributed by atoms with Crippen LogP contribution in [0.5, 0.6) is 0 Å². The second-order valence-corrected chi connectivity index (χ2v) is 8.04. The number of carbonyl (C=O) groups excluding carboxylic acids is 2. The number of nitro groups is 1. The summed E-state index contributed by atoms with van der Waals surface area (Å²) in [7, 11) is 0. The molecule has 0 fully saturated rings. The minimum absolute atomic E-state index is 0.0449. The normalized spacial score (nSPS) is 10.4. The van der Waals surface area contributed by atoms with E-state index in [0.29, 0.717) is 20.7 Å². The first-order chi connectivity index (χ1) is 13.9. The minimum atomic E-state index is -0.530. The highest BCUT2D eigenvalue weighted by Gasteiger charge is 2.13. The maximum absolute atomic E-state index is 12.2. The van der Waals surface area contributed by atoms with Crippen LogP contribution in [0.15, 0.2) is 52.9 Å². The van der Waals surface area contributed by atoms with E-state index in [2.05, 4.69) is 20.8 Å². The third kappa shape index (κ3) is 5.83. The number of carbonyl (C=O) groups is 2. The number of nitrogens with one attached hydrogen (secondary N) is 2. The number of hydrogen-bond acceptors (Lipinski definition) is 8. The van der Waals surface area contributed by atoms with Gasteiger partial charge in [0.2, 0.25) is 11.0 Å². The summed E-state index contributed by atoms with van der Waals surface area (Å²) in [6.45, 7) is 1.94. The topological polar surface area (TPSA) is 127 Å². The molecule has 29 heavy (non-hydrogen) atoms. The molecule has 0 atom stereocenters. The van der Waals surface area contributed by atoms with Crippen LogP contribution >= 0.6 is 23.1 Å². The molecule has 0 radical (unpaired) electrons. The predicted octanol–water partition coefficient (Wildman–Crippen LogP) is 3.74. The van der Waals surface area contributed by atoms with Crippen molar-refractivity contribution < 1.29 is 14.5 Å². The number of rotatable bonds is 7. The Bertz CT molecular complexity index is 1050. The molecule has 2 amide bonds. The Kier molecular flexibility index (Phi) is 6.52. The number of benzene rings is 2. The molecule has 1 heterocycles. The number of anilines is 2. The van der Waals surface area contributed by atoms with E-state index in [1.807, 2.05) is 19.1 Å². The Hall–Kier alpha value is -3.31. The standard InChI is InChI=1S/C18H15N5O4S2/c1-11-5-7-12(8-6-11)16(25)20-17-21-22-18(29-17)28-10-15(24)19-13-3-2-4-14(9-13)23(26)27/h2-9H,10H2,1H3,(H,19,24)(H,20,21,25). The first kappa shape index (κ1) is 20.4. The third-order valence-corrected chi connectivity index (χ3v) is 5.58. The van der Waals surface area contributed by atoms with E-state index in [1.54, 1.807) is 18.2 Å². The zero-order valence-corrected chi connectivity index (χ0v) is 16.8. The van der Waals surface area contributed by atoms with Crippen LogP contribution in [0.2, 0.25) is 0 Å². The van der Waals surface area contributed by atoms with Gasteiger partial charge in [0.15, 0.2) is 4.34 Å². The van der Waals surface area contributed by atoms with Crippen LogP contribution in [-0.4, -0.2) is 32.7 Å². The molecule has 0 spiro atoms. The van der Waals surface area contributed by atoms with Crippen LogP contribution in [0.1, 0.15) is 15.9 Å². The minimum Gasteiger partial charge on any atom is -0.325 e. The van der Waals surface area contributed by atoms with Gasteiger partial charge >= 0.3 is 0 Å². The Balaban J connectivity index is 1.51. The van der Waals surface area contributed by atoms with Crippen LogP contribution in [0, 0.1) is 17.0 Å². The van der Waals surface area contributed by atoms with Gasteiger partial charge in [-0.2, -0.15) is 0 Å². The van der Waals surface area contributed by atoms with Gasteiger partial charge in [0.1, 0.15) is 0 Å². The lowest BCUT2D eigenvalue weighted by Crippen LogP contribution is -2.14. The SMILES string of the molecule is Cc1ccc(C(=O)Nc2nnc(SCC(=O)Nc3cccc([N+](=O)[O-])c3)s2)cc1. The Labute approximate surface area is 173 Å². The van der Waals surface area contributed by atoms with E-state index in [-0.39, 0.29) is 23.3 Å². The van der Waals surface area contributed by atoms with Crippen molar-refractivity contribution in [3.05, 3.63) is 69.8 Å². The molecule has 11 heteroatoms. The van der Waals surface area contributed by atoms with Crippen molar-refractivity contribution in [3.8, 4) is 0 Å². The number of amides is 2. The second-order valence-electron chi connectivity index (χ2n) is 5.84. The van der Waals surface area contributed by atoms with Gasteiger partial charge in [0, 0.05) is 23.4 Å². The Morgan fingerprint density at radius 3 is 2.62 bits per heavy atom. The number of thioether (sulfide) groups is 1. The summed E-state index contributed by atoms with van der Waals surface area (Å²) >= 11 is 2.30. The molecule has 0 aliphatic rings. The van der Waals surface area contributed by atoms with Crippen molar-refractivity contribution in [1.29, 1.82) is 0 Å². The van der Waals surface area contributed by atoms with Crippen LogP contribution in [0.25, 0.3) is 0 Å². The van der Waals surface area contributed by atoms with Gasteiger partial charge in [-0.25, -0.2) is 0 Å². The molecule has 9 nitrogen and oxygen atoms in total. The Morgan fingerprint density at radius 1 is 1.14 bits per heavy atom. The highest BCUT2D eigenvalue weighted by Crippen LogP contribution is 2.26. The molecule has 0 bridgehead atoms. The van der Waals surface area contributed by atoms with Crippen molar-refractivity contribution >= 4 is 51.4 Å². The molecule has 1 aromatic heterocycles. The second kappa shape index (κ2) is 9.26. The van der Waals surface area contributed by atoms with E-state index >= 15 is 0 Å². The fourth-order valence-electron chi connectivity index (χ4n) is 2.21. The van der Waals surface area contributed by atoms with E-state index < -0.39 is 4.92 Å². The molecule has 3 aromatic rings. The first-order valence-electron chi connectivity index (χ1n) is 8.29. The molecule has 0 unspecified atom stereocenters. The Morgan fingerprint density at radius 2 is 1.90 bits per heavy atom. The highest BCUT2D eigenvalue weighted by atomic mass is 32.2. The van der Waals surface area contributed by atoms with Crippen LogP contribution in [-0.2, 0) is 4.79 Å². The first-order valence-corrected chi connectivity index (χ1v) is 10.1. The van der Waals surface area contributed by atoms with Gasteiger partial charge in [-0.3, -0.25) is 25.0 Å². The molecular formula is C18H15N5O4S2. The molecule has 3 rings (SSSR count). The summed E-state index contributed by atoms with van der Waals surface area (Å²) in [4.78, 5) is 34.5. The van der Waals surface area contributed by atoms with Crippen LogP contribution in [0.3, 0.4) is 0 Å². The molecule has 0 aliphatic heterocycles. The van der Waals surface area contributed by atoms with E-state index in [0.717, 1.165) is 28.7 Å². The number of non-ortho nitro benzene ring substituents is 1. The number of aromatic nitrogens is 2. The van der Waals surface area contributed by atoms with Gasteiger partial charge in [-0.05, 0) is 25.1 Å². The number of nitro benzene ring substituents is 1.